The summed E-state index contributed by atoms with van der Waals surface area (Å²) in [7, 11) is -1.33. The Morgan fingerprint density at radius 2 is 1.30 bits per heavy atom. The maximum absolute atomic E-state index is 12.9. The van der Waals surface area contributed by atoms with E-state index in [1.54, 1.807) is 29.2 Å². The van der Waals surface area contributed by atoms with Crippen LogP contribution >= 0.6 is 0 Å². The van der Waals surface area contributed by atoms with Gasteiger partial charge in [-0.1, -0.05) is 72.8 Å². The number of carbonyl (C=O) groups is 2. The average molecular weight is 422 g/mol. The molecule has 1 amide bonds. The molecule has 0 N–H and O–H groups in total. The molecule has 0 radical (unpaired) electrons. The summed E-state index contributed by atoms with van der Waals surface area (Å²) in [5.41, 5.74) is 2.18. The van der Waals surface area contributed by atoms with Gasteiger partial charge in [0.25, 0.3) is 5.91 Å². The van der Waals surface area contributed by atoms with Crippen molar-refractivity contribution in [3.63, 3.8) is 0 Å². The lowest BCUT2D eigenvalue weighted by Crippen LogP contribution is -2.34. The molecule has 3 aromatic carbocycles. The molecule has 0 fully saturated rings. The predicted molar refractivity (Wildman–Crippen MR) is 116 cm³/mol. The van der Waals surface area contributed by atoms with Crippen molar-refractivity contribution in [1.82, 2.24) is 4.90 Å². The Balaban J connectivity index is 1.71. The van der Waals surface area contributed by atoms with Crippen LogP contribution in [0.2, 0.25) is 0 Å². The zero-order valence-corrected chi connectivity index (χ0v) is 17.5. The highest BCUT2D eigenvalue weighted by Gasteiger charge is 2.19. The maximum atomic E-state index is 12.9. The molecule has 3 rings (SSSR count). The fourth-order valence-electron chi connectivity index (χ4n) is 3.02. The highest BCUT2D eigenvalue weighted by atomic mass is 32.2. The largest absolute Gasteiger partial charge is 0.452 e. The lowest BCUT2D eigenvalue weighted by atomic mass is 10.1. The fourth-order valence-corrected chi connectivity index (χ4v) is 3.75. The molecular formula is C24H23NO4S. The minimum absolute atomic E-state index is 0.212. The normalized spacial score (nSPS) is 11.5. The Morgan fingerprint density at radius 1 is 0.800 bits per heavy atom. The second kappa shape index (κ2) is 10.5. The van der Waals surface area contributed by atoms with E-state index in [2.05, 4.69) is 0 Å². The molecule has 0 unspecified atom stereocenters. The van der Waals surface area contributed by atoms with Gasteiger partial charge in [-0.05, 0) is 23.3 Å². The van der Waals surface area contributed by atoms with Gasteiger partial charge in [0.2, 0.25) is 0 Å². The SMILES string of the molecule is C[S@](=O)c1ccccc1C(=O)OCC(=O)N(Cc1ccccc1)Cc1ccccc1. The molecule has 1 atom stereocenters. The van der Waals surface area contributed by atoms with E-state index in [-0.39, 0.29) is 18.1 Å². The van der Waals surface area contributed by atoms with Gasteiger partial charge in [0.1, 0.15) is 0 Å². The molecule has 0 saturated heterocycles. The first-order valence-electron chi connectivity index (χ1n) is 9.50. The summed E-state index contributed by atoms with van der Waals surface area (Å²) in [6, 6.07) is 25.9. The van der Waals surface area contributed by atoms with Crippen LogP contribution in [0.4, 0.5) is 0 Å². The molecule has 5 nitrogen and oxygen atoms in total. The van der Waals surface area contributed by atoms with Crippen molar-refractivity contribution in [3.8, 4) is 0 Å². The van der Waals surface area contributed by atoms with Gasteiger partial charge in [0.15, 0.2) is 6.61 Å². The average Bonchev–Trinajstić information content (AvgIpc) is 2.78. The van der Waals surface area contributed by atoms with Crippen LogP contribution in [0, 0.1) is 0 Å². The van der Waals surface area contributed by atoms with E-state index in [9.17, 15) is 13.8 Å². The van der Waals surface area contributed by atoms with Gasteiger partial charge < -0.3 is 9.64 Å². The molecule has 0 aliphatic heterocycles. The van der Waals surface area contributed by atoms with E-state index in [0.717, 1.165) is 11.1 Å². The molecule has 6 heteroatoms. The molecule has 3 aromatic rings. The maximum Gasteiger partial charge on any atom is 0.339 e. The van der Waals surface area contributed by atoms with Crippen LogP contribution in [0.3, 0.4) is 0 Å². The molecule has 0 saturated carbocycles. The molecular weight excluding hydrogens is 398 g/mol. The van der Waals surface area contributed by atoms with Crippen molar-refractivity contribution in [1.29, 1.82) is 0 Å². The van der Waals surface area contributed by atoms with Crippen LogP contribution < -0.4 is 0 Å². The van der Waals surface area contributed by atoms with Crippen LogP contribution in [0.1, 0.15) is 21.5 Å². The van der Waals surface area contributed by atoms with Gasteiger partial charge in [0, 0.05) is 19.3 Å². The van der Waals surface area contributed by atoms with Crippen molar-refractivity contribution in [2.75, 3.05) is 12.9 Å². The van der Waals surface area contributed by atoms with Crippen LogP contribution in [0.25, 0.3) is 0 Å². The topological polar surface area (TPSA) is 63.7 Å². The number of nitrogens with zero attached hydrogens (tertiary/aromatic N) is 1. The van der Waals surface area contributed by atoms with Crippen LogP contribution in [-0.4, -0.2) is 33.8 Å². The molecule has 0 bridgehead atoms. The number of carbonyl (C=O) groups excluding carboxylic acids is 2. The monoisotopic (exact) mass is 421 g/mol. The van der Waals surface area contributed by atoms with E-state index in [4.69, 9.17) is 4.74 Å². The first kappa shape index (κ1) is 21.5. The van der Waals surface area contributed by atoms with Crippen LogP contribution in [0.5, 0.6) is 0 Å². The van der Waals surface area contributed by atoms with Gasteiger partial charge >= 0.3 is 5.97 Å². The van der Waals surface area contributed by atoms with Gasteiger partial charge in [-0.3, -0.25) is 9.00 Å². The van der Waals surface area contributed by atoms with Crippen LogP contribution in [-0.2, 0) is 33.4 Å². The van der Waals surface area contributed by atoms with Gasteiger partial charge in [-0.2, -0.15) is 0 Å². The molecule has 154 valence electrons. The number of ether oxygens (including phenoxy) is 1. The second-order valence-electron chi connectivity index (χ2n) is 6.75. The lowest BCUT2D eigenvalue weighted by molar-refractivity contribution is -0.135. The van der Waals surface area contributed by atoms with Crippen molar-refractivity contribution >= 4 is 22.7 Å². The molecule has 0 heterocycles. The summed E-state index contributed by atoms with van der Waals surface area (Å²) in [6.07, 6.45) is 1.50. The summed E-state index contributed by atoms with van der Waals surface area (Å²) in [6.45, 7) is 0.423. The third-order valence-electron chi connectivity index (χ3n) is 4.53. The summed E-state index contributed by atoms with van der Waals surface area (Å²) in [5, 5.41) is 0. The lowest BCUT2D eigenvalue weighted by Gasteiger charge is -2.23. The zero-order chi connectivity index (χ0) is 21.3. The summed E-state index contributed by atoms with van der Waals surface area (Å²) >= 11 is 0. The zero-order valence-electron chi connectivity index (χ0n) is 16.7. The molecule has 0 spiro atoms. The van der Waals surface area contributed by atoms with E-state index >= 15 is 0 Å². The van der Waals surface area contributed by atoms with E-state index in [1.807, 2.05) is 60.7 Å². The fraction of sp³-hybridized carbons (Fsp3) is 0.167. The van der Waals surface area contributed by atoms with E-state index in [0.29, 0.717) is 18.0 Å². The standard InChI is InChI=1S/C24H23NO4S/c1-30(28)22-15-9-8-14-21(22)24(27)29-18-23(26)25(16-19-10-4-2-5-11-19)17-20-12-6-3-7-13-20/h2-15H,16-18H2,1H3/t30-/m0/s1. The number of benzene rings is 3. The van der Waals surface area contributed by atoms with Gasteiger partial charge in [-0.15, -0.1) is 0 Å². The highest BCUT2D eigenvalue weighted by Crippen LogP contribution is 2.15. The van der Waals surface area contributed by atoms with E-state index in [1.165, 1.54) is 6.26 Å². The Morgan fingerprint density at radius 3 is 1.83 bits per heavy atom. The summed E-state index contributed by atoms with van der Waals surface area (Å²) in [5.74, 6) is -0.959. The Bertz CT molecular complexity index is 980. The number of hydrogen-bond donors (Lipinski definition) is 0. The molecule has 0 aromatic heterocycles. The molecule has 0 aliphatic rings. The van der Waals surface area contributed by atoms with Gasteiger partial charge in [-0.25, -0.2) is 4.79 Å². The number of amides is 1. The highest BCUT2D eigenvalue weighted by molar-refractivity contribution is 7.84. The Labute approximate surface area is 178 Å². The van der Waals surface area contributed by atoms with Crippen molar-refractivity contribution in [3.05, 3.63) is 102 Å². The smallest absolute Gasteiger partial charge is 0.339 e. The van der Waals surface area contributed by atoms with E-state index < -0.39 is 16.8 Å². The summed E-state index contributed by atoms with van der Waals surface area (Å²) in [4.78, 5) is 27.4. The quantitative estimate of drug-likeness (QED) is 0.519. The third-order valence-corrected chi connectivity index (χ3v) is 5.50. The van der Waals surface area contributed by atoms with Crippen LogP contribution in [0.15, 0.2) is 89.8 Å². The number of hydrogen-bond acceptors (Lipinski definition) is 4. The first-order chi connectivity index (χ1) is 14.5. The minimum atomic E-state index is -1.33. The Hall–Kier alpha value is -3.25. The molecule has 0 aliphatic carbocycles. The van der Waals surface area contributed by atoms with Gasteiger partial charge in [0.05, 0.1) is 21.3 Å². The Kier molecular flexibility index (Phi) is 7.51. The predicted octanol–water partition coefficient (Wildman–Crippen LogP) is 3.81. The third kappa shape index (κ3) is 5.87. The second-order valence-corrected chi connectivity index (χ2v) is 8.10. The van der Waals surface area contributed by atoms with Crippen molar-refractivity contribution in [2.24, 2.45) is 0 Å². The van der Waals surface area contributed by atoms with Crippen molar-refractivity contribution < 1.29 is 18.5 Å². The minimum Gasteiger partial charge on any atom is -0.452 e. The summed E-state index contributed by atoms with van der Waals surface area (Å²) < 4.78 is 17.1. The number of esters is 1. The first-order valence-corrected chi connectivity index (χ1v) is 11.1. The number of rotatable bonds is 8. The van der Waals surface area contributed by atoms with Crippen molar-refractivity contribution in [2.45, 2.75) is 18.0 Å². The molecule has 30 heavy (non-hydrogen) atoms.